The minimum atomic E-state index is -3.32. The molecule has 1 N–H and O–H groups in total. The van der Waals surface area contributed by atoms with Gasteiger partial charge in [0.05, 0.1) is 0 Å². The smallest absolute Gasteiger partial charge is 0.162 e. The molecule has 0 aliphatic heterocycles. The fourth-order valence-electron chi connectivity index (χ4n) is 1.05. The van der Waals surface area contributed by atoms with Crippen molar-refractivity contribution < 1.29 is 17.9 Å². The molecule has 0 spiro atoms. The number of hydrogen-bond acceptors (Lipinski definition) is 3. The molecule has 0 aliphatic carbocycles. The van der Waals surface area contributed by atoms with Gasteiger partial charge in [0.1, 0.15) is 15.2 Å². The zero-order valence-corrected chi connectivity index (χ0v) is 10.9. The van der Waals surface area contributed by atoms with Gasteiger partial charge in [-0.15, -0.1) is 0 Å². The normalized spacial score (nSPS) is 16.0. The number of rotatable bonds is 3. The Balaban J connectivity index is 2.95. The van der Waals surface area contributed by atoms with Gasteiger partial charge in [0.15, 0.2) is 9.84 Å². The molecule has 0 heterocycles. The lowest BCUT2D eigenvalue weighted by molar-refractivity contribution is 0.197. The fourth-order valence-corrected chi connectivity index (χ4v) is 2.09. The first-order valence-electron chi connectivity index (χ1n) is 4.09. The molecule has 0 aromatic heterocycles. The van der Waals surface area contributed by atoms with Crippen LogP contribution >= 0.6 is 22.6 Å². The van der Waals surface area contributed by atoms with Gasteiger partial charge in [-0.2, -0.15) is 0 Å². The quantitative estimate of drug-likeness (QED) is 0.670. The molecule has 0 saturated carbocycles. The van der Waals surface area contributed by atoms with Crippen molar-refractivity contribution in [1.82, 2.24) is 0 Å². The van der Waals surface area contributed by atoms with Gasteiger partial charge in [0.25, 0.3) is 0 Å². The van der Waals surface area contributed by atoms with E-state index in [-0.39, 0.29) is 0 Å². The highest BCUT2D eigenvalue weighted by Crippen LogP contribution is 2.26. The van der Waals surface area contributed by atoms with Crippen LogP contribution in [0.4, 0.5) is 4.39 Å². The Morgan fingerprint density at radius 2 is 1.80 bits per heavy atom. The topological polar surface area (TPSA) is 54.4 Å². The molecule has 0 aliphatic rings. The van der Waals surface area contributed by atoms with E-state index in [1.54, 1.807) is 22.6 Å². The maximum Gasteiger partial charge on any atom is 0.162 e. The van der Waals surface area contributed by atoms with E-state index in [2.05, 4.69) is 0 Å². The Morgan fingerprint density at radius 1 is 1.33 bits per heavy atom. The van der Waals surface area contributed by atoms with Crippen LogP contribution in [0.5, 0.6) is 0 Å². The van der Waals surface area contributed by atoms with Crippen molar-refractivity contribution in [3.05, 3.63) is 35.6 Å². The van der Waals surface area contributed by atoms with Crippen molar-refractivity contribution in [2.75, 3.05) is 6.26 Å². The molecule has 0 amide bonds. The van der Waals surface area contributed by atoms with Crippen LogP contribution < -0.4 is 0 Å². The highest BCUT2D eigenvalue weighted by Gasteiger charge is 2.26. The van der Waals surface area contributed by atoms with E-state index >= 15 is 0 Å². The van der Waals surface area contributed by atoms with Crippen LogP contribution in [0.3, 0.4) is 0 Å². The SMILES string of the molecule is CS(=O)(=O)C(I)C(O)c1ccc(F)cc1. The van der Waals surface area contributed by atoms with Gasteiger partial charge >= 0.3 is 0 Å². The van der Waals surface area contributed by atoms with E-state index in [4.69, 9.17) is 0 Å². The maximum atomic E-state index is 12.6. The largest absolute Gasteiger partial charge is 0.386 e. The third-order valence-electron chi connectivity index (χ3n) is 1.87. The Hall–Kier alpha value is -0.210. The molecular formula is C9H10FIO3S. The zero-order valence-electron chi connectivity index (χ0n) is 7.89. The van der Waals surface area contributed by atoms with Crippen molar-refractivity contribution in [3.63, 3.8) is 0 Å². The lowest BCUT2D eigenvalue weighted by Crippen LogP contribution is -2.21. The fraction of sp³-hybridized carbons (Fsp3) is 0.333. The van der Waals surface area contributed by atoms with Crippen LogP contribution in [0.25, 0.3) is 0 Å². The van der Waals surface area contributed by atoms with Gasteiger partial charge in [-0.05, 0) is 17.7 Å². The average molecular weight is 344 g/mol. The van der Waals surface area contributed by atoms with E-state index in [1.165, 1.54) is 24.3 Å². The van der Waals surface area contributed by atoms with Crippen LogP contribution in [-0.4, -0.2) is 23.0 Å². The predicted molar refractivity (Wildman–Crippen MR) is 64.0 cm³/mol. The summed E-state index contributed by atoms with van der Waals surface area (Å²) in [5.41, 5.74) is 0.390. The molecule has 0 fully saturated rings. The Morgan fingerprint density at radius 3 is 2.20 bits per heavy atom. The first-order valence-corrected chi connectivity index (χ1v) is 7.29. The summed E-state index contributed by atoms with van der Waals surface area (Å²) in [5, 5.41) is 9.71. The second-order valence-electron chi connectivity index (χ2n) is 3.18. The van der Waals surface area contributed by atoms with Crippen LogP contribution in [0.15, 0.2) is 24.3 Å². The third-order valence-corrected chi connectivity index (χ3v) is 6.40. The molecule has 84 valence electrons. The lowest BCUT2D eigenvalue weighted by atomic mass is 10.1. The number of aliphatic hydroxyl groups excluding tert-OH is 1. The molecule has 1 aromatic carbocycles. The maximum absolute atomic E-state index is 12.6. The molecule has 1 rings (SSSR count). The van der Waals surface area contributed by atoms with Crippen molar-refractivity contribution in [3.8, 4) is 0 Å². The molecule has 0 bridgehead atoms. The third kappa shape index (κ3) is 3.39. The van der Waals surface area contributed by atoms with E-state index in [0.29, 0.717) is 5.56 Å². The monoisotopic (exact) mass is 344 g/mol. The van der Waals surface area contributed by atoms with Gasteiger partial charge in [0, 0.05) is 6.26 Å². The molecule has 0 radical (unpaired) electrons. The summed E-state index contributed by atoms with van der Waals surface area (Å²) in [5.74, 6) is -0.421. The summed E-state index contributed by atoms with van der Waals surface area (Å²) >= 11 is 1.65. The van der Waals surface area contributed by atoms with Crippen LogP contribution in [-0.2, 0) is 9.84 Å². The molecule has 0 saturated heterocycles. The van der Waals surface area contributed by atoms with Gasteiger partial charge in [0.2, 0.25) is 0 Å². The van der Waals surface area contributed by atoms with Crippen molar-refractivity contribution >= 4 is 32.4 Å². The highest BCUT2D eigenvalue weighted by molar-refractivity contribution is 14.1. The minimum absolute atomic E-state index is 0.390. The average Bonchev–Trinajstić information content (AvgIpc) is 2.15. The summed E-state index contributed by atoms with van der Waals surface area (Å²) in [4.78, 5) is 0. The number of hydrogen-bond donors (Lipinski definition) is 1. The van der Waals surface area contributed by atoms with Crippen molar-refractivity contribution in [1.29, 1.82) is 0 Å². The number of aliphatic hydroxyl groups is 1. The van der Waals surface area contributed by atoms with Gasteiger partial charge < -0.3 is 5.11 Å². The number of alkyl halides is 1. The van der Waals surface area contributed by atoms with Crippen LogP contribution in [0.1, 0.15) is 11.7 Å². The van der Waals surface area contributed by atoms with Crippen LogP contribution in [0.2, 0.25) is 0 Å². The number of halogens is 2. The summed E-state index contributed by atoms with van der Waals surface area (Å²) in [6.07, 6.45) is -0.0853. The van der Waals surface area contributed by atoms with Gasteiger partial charge in [-0.1, -0.05) is 34.7 Å². The predicted octanol–water partition coefficient (Wildman–Crippen LogP) is 1.66. The lowest BCUT2D eigenvalue weighted by Gasteiger charge is -2.15. The van der Waals surface area contributed by atoms with Crippen molar-refractivity contribution in [2.45, 2.75) is 9.36 Å². The molecule has 3 nitrogen and oxygen atoms in total. The van der Waals surface area contributed by atoms with E-state index in [0.717, 1.165) is 6.26 Å². The molecular weight excluding hydrogens is 334 g/mol. The molecule has 15 heavy (non-hydrogen) atoms. The zero-order chi connectivity index (χ0) is 11.6. The first-order chi connectivity index (χ1) is 6.82. The molecule has 1 aromatic rings. The summed E-state index contributed by atoms with van der Waals surface area (Å²) in [7, 11) is -3.32. The van der Waals surface area contributed by atoms with Gasteiger partial charge in [-0.25, -0.2) is 12.8 Å². The molecule has 2 unspecified atom stereocenters. The number of sulfone groups is 1. The highest BCUT2D eigenvalue weighted by atomic mass is 127. The van der Waals surface area contributed by atoms with E-state index in [9.17, 15) is 17.9 Å². The first kappa shape index (κ1) is 12.9. The summed E-state index contributed by atoms with van der Waals surface area (Å²) in [6.45, 7) is 0. The second kappa shape index (κ2) is 4.75. The summed E-state index contributed by atoms with van der Waals surface area (Å²) in [6, 6.07) is 5.11. The van der Waals surface area contributed by atoms with Crippen LogP contribution in [0, 0.1) is 5.82 Å². The molecule has 2 atom stereocenters. The summed E-state index contributed by atoms with van der Waals surface area (Å²) < 4.78 is 34.0. The molecule has 6 heteroatoms. The van der Waals surface area contributed by atoms with Crippen molar-refractivity contribution in [2.24, 2.45) is 0 Å². The Labute approximate surface area is 101 Å². The Kier molecular flexibility index (Phi) is 4.07. The van der Waals surface area contributed by atoms with Gasteiger partial charge in [-0.3, -0.25) is 0 Å². The van der Waals surface area contributed by atoms with E-state index < -0.39 is 25.0 Å². The van der Waals surface area contributed by atoms with E-state index in [1.807, 2.05) is 0 Å². The number of benzene rings is 1. The standard InChI is InChI=1S/C9H10FIO3S/c1-15(13,14)9(11)8(12)6-2-4-7(10)5-3-6/h2-5,8-9,12H,1H3. The Bertz CT molecular complexity index is 429. The minimum Gasteiger partial charge on any atom is -0.386 e. The second-order valence-corrected chi connectivity index (χ2v) is 7.53.